The van der Waals surface area contributed by atoms with Crippen LogP contribution in [0.4, 0.5) is 0 Å². The van der Waals surface area contributed by atoms with Crippen LogP contribution in [0, 0.1) is 0 Å². The average Bonchev–Trinajstić information content (AvgIpc) is 2.30. The first-order valence-corrected chi connectivity index (χ1v) is 4.14. The van der Waals surface area contributed by atoms with E-state index in [2.05, 4.69) is 21.9 Å². The number of carbonyl (C=O) groups excluding carboxylic acids is 1. The van der Waals surface area contributed by atoms with Gasteiger partial charge in [-0.25, -0.2) is 0 Å². The smallest absolute Gasteiger partial charge is 0.292 e. The van der Waals surface area contributed by atoms with Crippen molar-refractivity contribution < 1.29 is 9.53 Å². The van der Waals surface area contributed by atoms with Gasteiger partial charge in [0.2, 0.25) is 0 Å². The molecule has 3 nitrogen and oxygen atoms in total. The van der Waals surface area contributed by atoms with Gasteiger partial charge >= 0.3 is 0 Å². The Morgan fingerprint density at radius 2 is 1.86 bits per heavy atom. The second-order valence-corrected chi connectivity index (χ2v) is 2.53. The lowest BCUT2D eigenvalue weighted by molar-refractivity contribution is -0.126. The molecule has 0 radical (unpaired) electrons. The maximum Gasteiger partial charge on any atom is 0.292 e. The van der Waals surface area contributed by atoms with Gasteiger partial charge in [0, 0.05) is 11.6 Å². The largest absolute Gasteiger partial charge is 0.471 e. The van der Waals surface area contributed by atoms with Crippen molar-refractivity contribution in [3.8, 4) is 0 Å². The first-order valence-electron chi connectivity index (χ1n) is 4.14. The number of carbonyl (C=O) groups is 1. The van der Waals surface area contributed by atoms with E-state index in [-0.39, 0.29) is 0 Å². The summed E-state index contributed by atoms with van der Waals surface area (Å²) in [6, 6.07) is 12.1. The van der Waals surface area contributed by atoms with Crippen LogP contribution in [0.1, 0.15) is 0 Å². The summed E-state index contributed by atoms with van der Waals surface area (Å²) in [5, 5.41) is 1.20. The molecule has 14 heavy (non-hydrogen) atoms. The summed E-state index contributed by atoms with van der Waals surface area (Å²) in [5.41, 5.74) is 1.06. The van der Waals surface area contributed by atoms with Crippen LogP contribution in [0.2, 0.25) is 0 Å². The minimum Gasteiger partial charge on any atom is -0.471 e. The Morgan fingerprint density at radius 1 is 1.21 bits per heavy atom. The quantitative estimate of drug-likeness (QED) is 0.644. The Morgan fingerprint density at radius 3 is 2.50 bits per heavy atom. The van der Waals surface area contributed by atoms with E-state index in [0.717, 1.165) is 5.52 Å². The molecule has 0 spiro atoms. The maximum atomic E-state index is 8.95. The molecule has 0 N–H and O–H groups in total. The summed E-state index contributed by atoms with van der Waals surface area (Å²) in [5.74, 6) is 0. The SMILES string of the molecule is COC=O.c1ccc2ncccc2c1. The molecule has 1 aromatic heterocycles. The van der Waals surface area contributed by atoms with Crippen LogP contribution in [-0.2, 0) is 9.53 Å². The first kappa shape index (κ1) is 10.2. The fourth-order valence-corrected chi connectivity index (χ4v) is 1.02. The Labute approximate surface area is 82.3 Å². The highest BCUT2D eigenvalue weighted by Crippen LogP contribution is 2.07. The minimum absolute atomic E-state index is 0.375. The predicted octanol–water partition coefficient (Wildman–Crippen LogP) is 2.02. The Kier molecular flexibility index (Phi) is 4.14. The molecular weight excluding hydrogens is 178 g/mol. The number of methoxy groups -OCH3 is 1. The van der Waals surface area contributed by atoms with E-state index in [1.165, 1.54) is 12.5 Å². The standard InChI is InChI=1S/C9H7N.C2H4O2/c1-2-6-9-8(4-1)5-3-7-10-9;1-4-2-3/h1-7H;2H,1H3. The number of nitrogens with zero attached hydrogens (tertiary/aromatic N) is 1. The summed E-state index contributed by atoms with van der Waals surface area (Å²) in [4.78, 5) is 13.1. The molecule has 0 aliphatic carbocycles. The number of ether oxygens (including phenoxy) is 1. The highest BCUT2D eigenvalue weighted by atomic mass is 16.5. The van der Waals surface area contributed by atoms with Gasteiger partial charge in [-0.1, -0.05) is 24.3 Å². The monoisotopic (exact) mass is 189 g/mol. The third kappa shape index (κ3) is 2.86. The molecule has 2 rings (SSSR count). The van der Waals surface area contributed by atoms with Crippen LogP contribution in [0.15, 0.2) is 42.6 Å². The van der Waals surface area contributed by atoms with Gasteiger partial charge in [-0.05, 0) is 12.1 Å². The Hall–Kier alpha value is -1.90. The van der Waals surface area contributed by atoms with E-state index in [9.17, 15) is 0 Å². The van der Waals surface area contributed by atoms with Crippen molar-refractivity contribution in [2.75, 3.05) is 7.11 Å². The van der Waals surface area contributed by atoms with E-state index >= 15 is 0 Å². The van der Waals surface area contributed by atoms with Gasteiger partial charge in [-0.15, -0.1) is 0 Å². The van der Waals surface area contributed by atoms with Crippen molar-refractivity contribution in [1.29, 1.82) is 0 Å². The van der Waals surface area contributed by atoms with Gasteiger partial charge < -0.3 is 4.74 Å². The third-order valence-electron chi connectivity index (χ3n) is 1.61. The van der Waals surface area contributed by atoms with Gasteiger partial charge in [0.25, 0.3) is 6.47 Å². The Bertz CT molecular complexity index is 336. The predicted molar refractivity (Wildman–Crippen MR) is 54.8 cm³/mol. The van der Waals surface area contributed by atoms with Crippen molar-refractivity contribution in [1.82, 2.24) is 4.98 Å². The van der Waals surface area contributed by atoms with Gasteiger partial charge in [-0.2, -0.15) is 0 Å². The normalized spacial score (nSPS) is 8.64. The topological polar surface area (TPSA) is 39.2 Å². The zero-order valence-corrected chi connectivity index (χ0v) is 7.88. The van der Waals surface area contributed by atoms with Crippen LogP contribution in [-0.4, -0.2) is 18.6 Å². The molecule has 3 heteroatoms. The molecule has 0 aliphatic rings. The molecule has 0 unspecified atom stereocenters. The van der Waals surface area contributed by atoms with Crippen LogP contribution < -0.4 is 0 Å². The fraction of sp³-hybridized carbons (Fsp3) is 0.0909. The summed E-state index contributed by atoms with van der Waals surface area (Å²) >= 11 is 0. The van der Waals surface area contributed by atoms with Crippen molar-refractivity contribution in [3.63, 3.8) is 0 Å². The van der Waals surface area contributed by atoms with E-state index in [0.29, 0.717) is 6.47 Å². The molecule has 1 aromatic carbocycles. The van der Waals surface area contributed by atoms with Crippen LogP contribution in [0.25, 0.3) is 10.9 Å². The second-order valence-electron chi connectivity index (χ2n) is 2.53. The van der Waals surface area contributed by atoms with Crippen molar-refractivity contribution in [3.05, 3.63) is 42.6 Å². The van der Waals surface area contributed by atoms with Gasteiger partial charge in [0.15, 0.2) is 0 Å². The van der Waals surface area contributed by atoms with Crippen LogP contribution >= 0.6 is 0 Å². The minimum atomic E-state index is 0.375. The molecule has 72 valence electrons. The Balaban J connectivity index is 0.000000213. The molecule has 0 saturated heterocycles. The van der Waals surface area contributed by atoms with E-state index in [1.807, 2.05) is 30.5 Å². The molecule has 0 fully saturated rings. The molecule has 0 bridgehead atoms. The highest BCUT2D eigenvalue weighted by molar-refractivity contribution is 5.77. The van der Waals surface area contributed by atoms with Crippen LogP contribution in [0.5, 0.6) is 0 Å². The molecular formula is C11H11NO2. The summed E-state index contributed by atoms with van der Waals surface area (Å²) in [7, 11) is 1.31. The molecule has 2 aromatic rings. The number of hydrogen-bond donors (Lipinski definition) is 0. The van der Waals surface area contributed by atoms with Gasteiger partial charge in [0.1, 0.15) is 0 Å². The van der Waals surface area contributed by atoms with Crippen molar-refractivity contribution in [2.45, 2.75) is 0 Å². The number of fused-ring (bicyclic) bond motifs is 1. The fourth-order valence-electron chi connectivity index (χ4n) is 1.02. The average molecular weight is 189 g/mol. The zero-order chi connectivity index (χ0) is 10.2. The number of benzene rings is 1. The van der Waals surface area contributed by atoms with Crippen LogP contribution in [0.3, 0.4) is 0 Å². The number of pyridine rings is 1. The number of rotatable bonds is 1. The molecule has 0 aliphatic heterocycles. The maximum absolute atomic E-state index is 8.95. The zero-order valence-electron chi connectivity index (χ0n) is 7.88. The lowest BCUT2D eigenvalue weighted by atomic mass is 10.2. The van der Waals surface area contributed by atoms with Gasteiger partial charge in [-0.3, -0.25) is 9.78 Å². The van der Waals surface area contributed by atoms with Crippen molar-refractivity contribution >= 4 is 17.4 Å². The summed E-state index contributed by atoms with van der Waals surface area (Å²) < 4.78 is 3.86. The highest BCUT2D eigenvalue weighted by Gasteiger charge is 1.86. The molecule has 0 saturated carbocycles. The number of aromatic nitrogens is 1. The molecule has 0 atom stereocenters. The summed E-state index contributed by atoms with van der Waals surface area (Å²) in [6.45, 7) is 0.375. The third-order valence-corrected chi connectivity index (χ3v) is 1.61. The lowest BCUT2D eigenvalue weighted by Crippen LogP contribution is -1.73. The van der Waals surface area contributed by atoms with Crippen molar-refractivity contribution in [2.24, 2.45) is 0 Å². The molecule has 0 amide bonds. The summed E-state index contributed by atoms with van der Waals surface area (Å²) in [6.07, 6.45) is 1.81. The van der Waals surface area contributed by atoms with E-state index < -0.39 is 0 Å². The van der Waals surface area contributed by atoms with E-state index in [4.69, 9.17) is 4.79 Å². The molecule has 1 heterocycles. The van der Waals surface area contributed by atoms with E-state index in [1.54, 1.807) is 0 Å². The second kappa shape index (κ2) is 5.70. The van der Waals surface area contributed by atoms with Gasteiger partial charge in [0.05, 0.1) is 12.6 Å². The number of para-hydroxylation sites is 1. The first-order chi connectivity index (χ1) is 6.88. The number of hydrogen-bond acceptors (Lipinski definition) is 3. The lowest BCUT2D eigenvalue weighted by Gasteiger charge is -1.91.